The Morgan fingerprint density at radius 1 is 0.652 bits per heavy atom. The number of nitrogens with zero attached hydrogens (tertiary/aromatic N) is 8. The van der Waals surface area contributed by atoms with Crippen molar-refractivity contribution in [1.29, 1.82) is 0 Å². The lowest BCUT2D eigenvalue weighted by atomic mass is 10.1. The van der Waals surface area contributed by atoms with Gasteiger partial charge < -0.3 is 20.6 Å². The number of nitrogens with two attached hydrogens (primary N) is 2. The van der Waals surface area contributed by atoms with Gasteiger partial charge in [-0.15, -0.1) is 22.7 Å². The van der Waals surface area contributed by atoms with Crippen LogP contribution in [-0.4, -0.2) is 39.0 Å². The Bertz CT molecular complexity index is 2210. The molecule has 14 heteroatoms. The Labute approximate surface area is 293 Å². The second-order valence-corrected chi connectivity index (χ2v) is 14.5. The molecule has 46 heavy (non-hydrogen) atoms. The molecule has 8 aromatic rings. The molecule has 4 N–H and O–H groups in total. The molecule has 8 rings (SSSR count). The summed E-state index contributed by atoms with van der Waals surface area (Å²) in [5.74, 6) is 1.01. The lowest BCUT2D eigenvalue weighted by Crippen LogP contribution is -1.90. The number of hydrogen-bond acceptors (Lipinski definition) is 10. The number of fused-ring (bicyclic) bond motifs is 2. The van der Waals surface area contributed by atoms with Gasteiger partial charge in [-0.05, 0) is 59.0 Å². The molecule has 6 aromatic heterocycles. The minimum atomic E-state index is 0.503. The highest BCUT2D eigenvalue weighted by molar-refractivity contribution is 14.1. The third kappa shape index (κ3) is 5.77. The van der Waals surface area contributed by atoms with Crippen LogP contribution in [0.1, 0.15) is 0 Å². The third-order valence-corrected chi connectivity index (χ3v) is 10.5. The number of thiophene rings is 2. The van der Waals surface area contributed by atoms with Crippen LogP contribution in [0.15, 0.2) is 90.4 Å². The molecule has 0 saturated heterocycles. The van der Waals surface area contributed by atoms with Gasteiger partial charge in [0.05, 0.1) is 56.0 Å². The Morgan fingerprint density at radius 3 is 1.63 bits per heavy atom. The van der Waals surface area contributed by atoms with Crippen LogP contribution in [0.5, 0.6) is 0 Å². The fraction of sp³-hybridized carbons (Fsp3) is 0.0625. The molecule has 6 heterocycles. The number of benzene rings is 2. The Hall–Kier alpha value is -4.25. The van der Waals surface area contributed by atoms with Gasteiger partial charge in [-0.1, -0.05) is 40.2 Å². The van der Waals surface area contributed by atoms with E-state index >= 15 is 0 Å². The predicted molar refractivity (Wildman–Crippen MR) is 199 cm³/mol. The molecule has 228 valence electrons. The summed E-state index contributed by atoms with van der Waals surface area (Å²) in [6.07, 6.45) is 6.66. The van der Waals surface area contributed by atoms with Gasteiger partial charge in [0.15, 0.2) is 0 Å². The van der Waals surface area contributed by atoms with Crippen LogP contribution in [0, 0.1) is 3.57 Å². The molecule has 0 amide bonds. The van der Waals surface area contributed by atoms with Crippen molar-refractivity contribution in [3.63, 3.8) is 0 Å². The highest BCUT2D eigenvalue weighted by Gasteiger charge is 2.19. The maximum Gasteiger partial charge on any atom is 0.135 e. The van der Waals surface area contributed by atoms with Gasteiger partial charge in [0, 0.05) is 33.3 Å². The van der Waals surface area contributed by atoms with Gasteiger partial charge in [0.2, 0.25) is 0 Å². The summed E-state index contributed by atoms with van der Waals surface area (Å²) < 4.78 is 6.26. The SMILES string of the molecule is Cn1cnc(-c2cccc(Br)c2)c1-c1cc2c(N)ncnc2s1.Cn1cnc(-c2cccc(I)c2)c1-c1cc2c(N)ncnc2s1. The van der Waals surface area contributed by atoms with E-state index in [4.69, 9.17) is 11.5 Å². The largest absolute Gasteiger partial charge is 0.383 e. The van der Waals surface area contributed by atoms with E-state index in [9.17, 15) is 0 Å². The lowest BCUT2D eigenvalue weighted by Gasteiger charge is -2.04. The number of anilines is 2. The van der Waals surface area contributed by atoms with Crippen molar-refractivity contribution < 1.29 is 0 Å². The molecule has 10 nitrogen and oxygen atoms in total. The Kier molecular flexibility index (Phi) is 8.27. The van der Waals surface area contributed by atoms with Crippen molar-refractivity contribution in [2.75, 3.05) is 11.5 Å². The van der Waals surface area contributed by atoms with Gasteiger partial charge in [-0.25, -0.2) is 29.9 Å². The highest BCUT2D eigenvalue weighted by Crippen LogP contribution is 2.40. The second-order valence-electron chi connectivity index (χ2n) is 10.3. The van der Waals surface area contributed by atoms with E-state index in [1.807, 2.05) is 66.2 Å². The fourth-order valence-corrected chi connectivity index (χ4v) is 8.25. The summed E-state index contributed by atoms with van der Waals surface area (Å²) in [5, 5.41) is 1.77. The zero-order valence-electron chi connectivity index (χ0n) is 24.4. The minimum absolute atomic E-state index is 0.503. The van der Waals surface area contributed by atoms with Crippen LogP contribution < -0.4 is 11.5 Å². The van der Waals surface area contributed by atoms with Crippen molar-refractivity contribution in [2.24, 2.45) is 14.1 Å². The standard InChI is InChI=1S/C16H12BrN5S.C16H12IN5S/c2*1-22-8-21-13(9-3-2-4-10(17)5-9)14(22)12-6-11-15(18)19-7-20-16(11)23-12/h2*2-8H,1H3,(H2,18,19,20). The van der Waals surface area contributed by atoms with E-state index in [2.05, 4.69) is 98.8 Å². The highest BCUT2D eigenvalue weighted by atomic mass is 127. The van der Waals surface area contributed by atoms with Gasteiger partial charge in [0.25, 0.3) is 0 Å². The summed E-state index contributed by atoms with van der Waals surface area (Å²) >= 11 is 9.03. The van der Waals surface area contributed by atoms with Gasteiger partial charge in [-0.2, -0.15) is 0 Å². The van der Waals surface area contributed by atoms with Gasteiger partial charge >= 0.3 is 0 Å². The fourth-order valence-electron chi connectivity index (χ4n) is 5.12. The zero-order valence-corrected chi connectivity index (χ0v) is 29.8. The number of aromatic nitrogens is 8. The quantitative estimate of drug-likeness (QED) is 0.170. The summed E-state index contributed by atoms with van der Waals surface area (Å²) in [5.41, 5.74) is 18.1. The van der Waals surface area contributed by atoms with Gasteiger partial charge in [-0.3, -0.25) is 0 Å². The van der Waals surface area contributed by atoms with E-state index in [1.54, 1.807) is 22.7 Å². The first kappa shape index (κ1) is 30.4. The molecule has 0 saturated carbocycles. The molecule has 0 aliphatic heterocycles. The average molecular weight is 820 g/mol. The molecule has 0 spiro atoms. The lowest BCUT2D eigenvalue weighted by molar-refractivity contribution is 0.923. The summed E-state index contributed by atoms with van der Waals surface area (Å²) in [6.45, 7) is 0. The molecule has 2 aromatic carbocycles. The van der Waals surface area contributed by atoms with Crippen molar-refractivity contribution in [2.45, 2.75) is 0 Å². The number of halogens is 2. The summed E-state index contributed by atoms with van der Waals surface area (Å²) in [4.78, 5) is 29.9. The Balaban J connectivity index is 0.000000147. The molecular weight excluding hydrogens is 795 g/mol. The predicted octanol–water partition coefficient (Wildman–Crippen LogP) is 8.05. The van der Waals surface area contributed by atoms with Crippen molar-refractivity contribution in [3.8, 4) is 43.7 Å². The van der Waals surface area contributed by atoms with Crippen LogP contribution in [0.2, 0.25) is 0 Å². The van der Waals surface area contributed by atoms with Crippen LogP contribution in [0.3, 0.4) is 0 Å². The van der Waals surface area contributed by atoms with Crippen LogP contribution in [-0.2, 0) is 14.1 Å². The van der Waals surface area contributed by atoms with Crippen LogP contribution >= 0.6 is 61.2 Å². The summed E-state index contributed by atoms with van der Waals surface area (Å²) in [7, 11) is 3.99. The first-order chi connectivity index (χ1) is 22.3. The molecule has 0 unspecified atom stereocenters. The number of nitrogen functional groups attached to an aromatic ring is 2. The number of rotatable bonds is 4. The second kappa shape index (κ2) is 12.5. The third-order valence-electron chi connectivity index (χ3n) is 7.26. The molecule has 0 radical (unpaired) electrons. The maximum atomic E-state index is 5.96. The zero-order chi connectivity index (χ0) is 31.9. The topological polar surface area (TPSA) is 139 Å². The van der Waals surface area contributed by atoms with Crippen LogP contribution in [0.4, 0.5) is 11.6 Å². The normalized spacial score (nSPS) is 11.2. The smallest absolute Gasteiger partial charge is 0.135 e. The van der Waals surface area contributed by atoms with E-state index in [-0.39, 0.29) is 0 Å². The molecule has 0 bridgehead atoms. The number of aryl methyl sites for hydroxylation is 2. The average Bonchev–Trinajstić information content (AvgIpc) is 3.82. The van der Waals surface area contributed by atoms with E-state index < -0.39 is 0 Å². The van der Waals surface area contributed by atoms with Crippen LogP contribution in [0.25, 0.3) is 64.1 Å². The maximum absolute atomic E-state index is 5.96. The first-order valence-corrected chi connectivity index (χ1v) is 17.3. The Morgan fingerprint density at radius 2 is 1.15 bits per heavy atom. The number of imidazole rings is 2. The molecule has 0 aliphatic rings. The molecule has 0 atom stereocenters. The molecular formula is C32H24BrIN10S2. The van der Waals surface area contributed by atoms with E-state index in [0.29, 0.717) is 11.6 Å². The van der Waals surface area contributed by atoms with Crippen molar-refractivity contribution in [3.05, 3.63) is 94.0 Å². The minimum Gasteiger partial charge on any atom is -0.383 e. The van der Waals surface area contributed by atoms with Crippen molar-refractivity contribution in [1.82, 2.24) is 39.0 Å². The molecule has 0 fully saturated rings. The van der Waals surface area contributed by atoms with Gasteiger partial charge in [0.1, 0.15) is 34.0 Å². The molecule has 0 aliphatic carbocycles. The van der Waals surface area contributed by atoms with E-state index in [1.165, 1.54) is 16.2 Å². The van der Waals surface area contributed by atoms with E-state index in [0.717, 1.165) is 68.6 Å². The first-order valence-electron chi connectivity index (χ1n) is 13.8. The monoisotopic (exact) mass is 818 g/mol. The van der Waals surface area contributed by atoms with Crippen molar-refractivity contribution >= 4 is 93.3 Å². The summed E-state index contributed by atoms with van der Waals surface area (Å²) in [6, 6.07) is 20.5. The number of hydrogen-bond donors (Lipinski definition) is 2.